The SMILES string of the molecule is O=C(CSC1=N/C(=C\c2ccc(Cl)cc2)C(=O)N1c1ccccc1)Nc1ccccc1OC(F)(F)F. The first-order valence-electron chi connectivity index (χ1n) is 10.4. The Balaban J connectivity index is 1.53. The molecule has 0 atom stereocenters. The number of ether oxygens (including phenoxy) is 1. The van der Waals surface area contributed by atoms with Gasteiger partial charge in [-0.05, 0) is 48.0 Å². The van der Waals surface area contributed by atoms with Gasteiger partial charge in [0.2, 0.25) is 5.91 Å². The number of nitrogens with zero attached hydrogens (tertiary/aromatic N) is 2. The van der Waals surface area contributed by atoms with E-state index in [4.69, 9.17) is 11.6 Å². The van der Waals surface area contributed by atoms with E-state index in [1.165, 1.54) is 23.1 Å². The normalized spacial score (nSPS) is 14.7. The monoisotopic (exact) mass is 531 g/mol. The van der Waals surface area contributed by atoms with Crippen LogP contribution in [-0.4, -0.2) is 29.1 Å². The van der Waals surface area contributed by atoms with E-state index in [0.717, 1.165) is 17.8 Å². The molecule has 6 nitrogen and oxygen atoms in total. The van der Waals surface area contributed by atoms with E-state index in [0.29, 0.717) is 16.3 Å². The van der Waals surface area contributed by atoms with E-state index < -0.39 is 18.0 Å². The minimum Gasteiger partial charge on any atom is -0.404 e. The second kappa shape index (κ2) is 10.9. The molecule has 0 aromatic heterocycles. The van der Waals surface area contributed by atoms with Gasteiger partial charge in [-0.1, -0.05) is 65.8 Å². The summed E-state index contributed by atoms with van der Waals surface area (Å²) in [4.78, 5) is 31.5. The van der Waals surface area contributed by atoms with Crippen molar-refractivity contribution in [1.29, 1.82) is 0 Å². The van der Waals surface area contributed by atoms with Crippen LogP contribution in [-0.2, 0) is 9.59 Å². The molecular weight excluding hydrogens is 515 g/mol. The van der Waals surface area contributed by atoms with Gasteiger partial charge in [0.15, 0.2) is 10.9 Å². The molecule has 36 heavy (non-hydrogen) atoms. The highest BCUT2D eigenvalue weighted by atomic mass is 35.5. The predicted molar refractivity (Wildman–Crippen MR) is 135 cm³/mol. The van der Waals surface area contributed by atoms with Crippen LogP contribution in [0.15, 0.2) is 89.6 Å². The first-order valence-corrected chi connectivity index (χ1v) is 11.8. The molecule has 3 aromatic carbocycles. The summed E-state index contributed by atoms with van der Waals surface area (Å²) in [6.07, 6.45) is -3.30. The number of halogens is 4. The lowest BCUT2D eigenvalue weighted by Crippen LogP contribution is -2.31. The molecule has 4 rings (SSSR count). The average molecular weight is 532 g/mol. The third kappa shape index (κ3) is 6.46. The third-order valence-corrected chi connectivity index (χ3v) is 5.93. The number of carbonyl (C=O) groups excluding carboxylic acids is 2. The number of carbonyl (C=O) groups is 2. The second-order valence-electron chi connectivity index (χ2n) is 7.33. The standard InChI is InChI=1S/C25H17ClF3N3O3S/c26-17-12-10-16(11-13-17)14-20-23(34)32(18-6-2-1-3-7-18)24(31-20)36-15-22(33)30-19-8-4-5-9-21(19)35-25(27,28)29/h1-14H,15H2,(H,30,33)/b20-14-. The number of hydrogen-bond acceptors (Lipinski definition) is 5. The maximum absolute atomic E-state index is 13.2. The number of anilines is 2. The number of alkyl halides is 3. The Morgan fingerprint density at radius 3 is 2.39 bits per heavy atom. The maximum atomic E-state index is 13.2. The predicted octanol–water partition coefficient (Wildman–Crippen LogP) is 6.35. The second-order valence-corrected chi connectivity index (χ2v) is 8.71. The highest BCUT2D eigenvalue weighted by molar-refractivity contribution is 8.14. The Labute approximate surface area is 213 Å². The molecule has 0 radical (unpaired) electrons. The van der Waals surface area contributed by atoms with E-state index in [9.17, 15) is 22.8 Å². The zero-order valence-corrected chi connectivity index (χ0v) is 19.9. The first-order chi connectivity index (χ1) is 17.2. The van der Waals surface area contributed by atoms with Gasteiger partial charge in [-0.25, -0.2) is 4.99 Å². The summed E-state index contributed by atoms with van der Waals surface area (Å²) in [6.45, 7) is 0. The smallest absolute Gasteiger partial charge is 0.404 e. The number of thioether (sulfide) groups is 1. The molecule has 3 aromatic rings. The maximum Gasteiger partial charge on any atom is 0.573 e. The van der Waals surface area contributed by atoms with Gasteiger partial charge in [-0.3, -0.25) is 14.5 Å². The molecule has 1 aliphatic heterocycles. The molecule has 0 unspecified atom stereocenters. The molecule has 0 aliphatic carbocycles. The molecule has 0 spiro atoms. The fourth-order valence-corrected chi connectivity index (χ4v) is 4.15. The number of para-hydroxylation sites is 3. The minimum absolute atomic E-state index is 0.131. The van der Waals surface area contributed by atoms with Gasteiger partial charge < -0.3 is 10.1 Å². The zero-order chi connectivity index (χ0) is 25.7. The van der Waals surface area contributed by atoms with Crippen molar-refractivity contribution in [2.45, 2.75) is 6.36 Å². The Kier molecular flexibility index (Phi) is 7.66. The van der Waals surface area contributed by atoms with Crippen molar-refractivity contribution in [2.75, 3.05) is 16.0 Å². The van der Waals surface area contributed by atoms with Crippen molar-refractivity contribution < 1.29 is 27.5 Å². The Morgan fingerprint density at radius 2 is 1.69 bits per heavy atom. The van der Waals surface area contributed by atoms with Gasteiger partial charge in [-0.15, -0.1) is 13.2 Å². The van der Waals surface area contributed by atoms with E-state index in [1.807, 2.05) is 0 Å². The summed E-state index contributed by atoms with van der Waals surface area (Å²) in [5.74, 6) is -1.74. The van der Waals surface area contributed by atoms with Crippen LogP contribution in [0, 0.1) is 0 Å². The Bertz CT molecular complexity index is 1330. The molecule has 184 valence electrons. The van der Waals surface area contributed by atoms with Crippen LogP contribution in [0.1, 0.15) is 5.56 Å². The van der Waals surface area contributed by atoms with Gasteiger partial charge in [0.25, 0.3) is 5.91 Å². The molecule has 1 heterocycles. The lowest BCUT2D eigenvalue weighted by atomic mass is 10.2. The van der Waals surface area contributed by atoms with Gasteiger partial charge in [0.1, 0.15) is 5.70 Å². The van der Waals surface area contributed by atoms with Crippen LogP contribution in [0.4, 0.5) is 24.5 Å². The molecule has 2 amide bonds. The molecular formula is C25H17ClF3N3O3S. The van der Waals surface area contributed by atoms with Crippen LogP contribution in [0.5, 0.6) is 5.75 Å². The van der Waals surface area contributed by atoms with Crippen molar-refractivity contribution >= 4 is 57.8 Å². The van der Waals surface area contributed by atoms with Crippen LogP contribution in [0.3, 0.4) is 0 Å². The topological polar surface area (TPSA) is 71.0 Å². The molecule has 1 N–H and O–H groups in total. The highest BCUT2D eigenvalue weighted by Crippen LogP contribution is 2.32. The van der Waals surface area contributed by atoms with Gasteiger partial charge in [0, 0.05) is 5.02 Å². The van der Waals surface area contributed by atoms with Crippen molar-refractivity contribution in [3.05, 3.63) is 95.1 Å². The fraction of sp³-hybridized carbons (Fsp3) is 0.0800. The minimum atomic E-state index is -4.91. The van der Waals surface area contributed by atoms with E-state index in [2.05, 4.69) is 15.0 Å². The number of nitrogens with one attached hydrogen (secondary N) is 1. The van der Waals surface area contributed by atoms with E-state index in [-0.39, 0.29) is 28.2 Å². The number of amides is 2. The average Bonchev–Trinajstić information content (AvgIpc) is 3.15. The largest absolute Gasteiger partial charge is 0.573 e. The van der Waals surface area contributed by atoms with Crippen LogP contribution in [0.25, 0.3) is 6.08 Å². The zero-order valence-electron chi connectivity index (χ0n) is 18.3. The molecule has 1 aliphatic rings. The lowest BCUT2D eigenvalue weighted by Gasteiger charge is -2.18. The van der Waals surface area contributed by atoms with Gasteiger partial charge >= 0.3 is 6.36 Å². The van der Waals surface area contributed by atoms with E-state index >= 15 is 0 Å². The number of aliphatic imine (C=N–C) groups is 1. The number of hydrogen-bond donors (Lipinski definition) is 1. The Hall–Kier alpha value is -3.76. The molecule has 0 saturated carbocycles. The van der Waals surface area contributed by atoms with Crippen LogP contribution >= 0.6 is 23.4 Å². The van der Waals surface area contributed by atoms with Crippen molar-refractivity contribution in [1.82, 2.24) is 0 Å². The summed E-state index contributed by atoms with van der Waals surface area (Å²) >= 11 is 6.90. The quantitative estimate of drug-likeness (QED) is 0.376. The molecule has 0 fully saturated rings. The summed E-state index contributed by atoms with van der Waals surface area (Å²) in [7, 11) is 0. The summed E-state index contributed by atoms with van der Waals surface area (Å²) in [6, 6.07) is 20.8. The Morgan fingerprint density at radius 1 is 1.03 bits per heavy atom. The van der Waals surface area contributed by atoms with Gasteiger partial charge in [0.05, 0.1) is 17.1 Å². The summed E-state index contributed by atoms with van der Waals surface area (Å²) in [5.41, 5.74) is 1.29. The number of rotatable bonds is 6. The molecule has 11 heteroatoms. The van der Waals surface area contributed by atoms with Crippen molar-refractivity contribution in [3.8, 4) is 5.75 Å². The number of benzene rings is 3. The van der Waals surface area contributed by atoms with Gasteiger partial charge in [-0.2, -0.15) is 0 Å². The molecule has 0 saturated heterocycles. The first kappa shape index (κ1) is 25.3. The summed E-state index contributed by atoms with van der Waals surface area (Å²) < 4.78 is 41.9. The van der Waals surface area contributed by atoms with Crippen molar-refractivity contribution in [2.24, 2.45) is 4.99 Å². The molecule has 0 bridgehead atoms. The lowest BCUT2D eigenvalue weighted by molar-refractivity contribution is -0.274. The third-order valence-electron chi connectivity index (χ3n) is 4.74. The van der Waals surface area contributed by atoms with E-state index in [1.54, 1.807) is 60.7 Å². The highest BCUT2D eigenvalue weighted by Gasteiger charge is 2.33. The fourth-order valence-electron chi connectivity index (χ4n) is 3.21. The van der Waals surface area contributed by atoms with Crippen LogP contribution < -0.4 is 15.0 Å². The van der Waals surface area contributed by atoms with Crippen LogP contribution in [0.2, 0.25) is 5.02 Å². The summed E-state index contributed by atoms with van der Waals surface area (Å²) in [5, 5.41) is 3.21. The van der Waals surface area contributed by atoms with Crippen molar-refractivity contribution in [3.63, 3.8) is 0 Å². The number of amidine groups is 1.